The summed E-state index contributed by atoms with van der Waals surface area (Å²) in [5, 5.41) is 13.9. The third-order valence-corrected chi connectivity index (χ3v) is 7.88. The van der Waals surface area contributed by atoms with E-state index in [0.29, 0.717) is 22.6 Å². The fraction of sp³-hybridized carbons (Fsp3) is 0.400. The lowest BCUT2D eigenvalue weighted by Crippen LogP contribution is -2.22. The second-order valence-electron chi connectivity index (χ2n) is 7.43. The number of carboxylic acids is 1. The molecule has 0 bridgehead atoms. The molecular formula is C20H23N3O7S2. The number of benzene rings is 1. The Morgan fingerprint density at radius 2 is 1.91 bits per heavy atom. The fourth-order valence-electron chi connectivity index (χ4n) is 3.56. The summed E-state index contributed by atoms with van der Waals surface area (Å²) in [5.74, 6) is -0.951. The van der Waals surface area contributed by atoms with Crippen molar-refractivity contribution in [3.8, 4) is 5.75 Å². The average molecular weight is 482 g/mol. The van der Waals surface area contributed by atoms with E-state index < -0.39 is 28.3 Å². The molecule has 3 rings (SSSR count). The Labute approximate surface area is 188 Å². The molecule has 1 heterocycles. The lowest BCUT2D eigenvalue weighted by atomic mass is 9.95. The predicted molar refractivity (Wildman–Crippen MR) is 118 cm³/mol. The number of amides is 2. The zero-order valence-electron chi connectivity index (χ0n) is 17.5. The van der Waals surface area contributed by atoms with Crippen molar-refractivity contribution >= 4 is 49.8 Å². The zero-order chi connectivity index (χ0) is 23.5. The number of urea groups is 1. The van der Waals surface area contributed by atoms with Crippen LogP contribution in [0.15, 0.2) is 22.4 Å². The first kappa shape index (κ1) is 23.7. The van der Waals surface area contributed by atoms with Gasteiger partial charge in [0.25, 0.3) is 0 Å². The largest absolute Gasteiger partial charge is 0.497 e. The first-order valence-corrected chi connectivity index (χ1v) is 12.5. The second-order valence-corrected chi connectivity index (χ2v) is 10.6. The Morgan fingerprint density at radius 1 is 1.22 bits per heavy atom. The minimum atomic E-state index is -3.73. The zero-order valence-corrected chi connectivity index (χ0v) is 19.1. The molecule has 1 aliphatic carbocycles. The minimum Gasteiger partial charge on any atom is -0.497 e. The Kier molecular flexibility index (Phi) is 7.14. The van der Waals surface area contributed by atoms with Gasteiger partial charge in [-0.25, -0.2) is 18.2 Å². The van der Waals surface area contributed by atoms with E-state index in [-0.39, 0.29) is 32.4 Å². The number of thiazole rings is 1. The molecule has 0 atom stereocenters. The summed E-state index contributed by atoms with van der Waals surface area (Å²) in [6, 6.07) is 4.00. The molecule has 1 aromatic heterocycles. The van der Waals surface area contributed by atoms with E-state index in [1.807, 2.05) is 0 Å². The second kappa shape index (κ2) is 9.65. The highest BCUT2D eigenvalue weighted by atomic mass is 32.2. The quantitative estimate of drug-likeness (QED) is 0.486. The Hall–Kier alpha value is -2.99. The van der Waals surface area contributed by atoms with Crippen molar-refractivity contribution in [2.24, 2.45) is 5.92 Å². The van der Waals surface area contributed by atoms with Gasteiger partial charge in [0.05, 0.1) is 24.9 Å². The standard InChI is InChI=1S/C20H23N3O7S2/c1-30-12-7-8-14(13(9-12)17(26)11-5-3-4-6-11)21-19(27)23-20-22-15(10-16(24)25)18(31-20)32(2,28)29/h7-9,11H,3-6,10H2,1-2H3,(H,24,25)(H2,21,22,23,27). The van der Waals surface area contributed by atoms with E-state index in [9.17, 15) is 22.8 Å². The van der Waals surface area contributed by atoms with Gasteiger partial charge in [0.1, 0.15) is 9.96 Å². The van der Waals surface area contributed by atoms with Crippen molar-refractivity contribution in [3.63, 3.8) is 0 Å². The Balaban J connectivity index is 1.82. The van der Waals surface area contributed by atoms with Gasteiger partial charge in [-0.05, 0) is 31.0 Å². The molecule has 1 aromatic carbocycles. The average Bonchev–Trinajstić information content (AvgIpc) is 3.37. The Bertz CT molecular complexity index is 1150. The number of nitrogens with zero attached hydrogens (tertiary/aromatic N) is 1. The van der Waals surface area contributed by atoms with Crippen molar-refractivity contribution in [3.05, 3.63) is 29.5 Å². The molecule has 2 amide bonds. The van der Waals surface area contributed by atoms with Crippen LogP contribution in [0.1, 0.15) is 41.7 Å². The fourth-order valence-corrected chi connectivity index (χ4v) is 5.66. The summed E-state index contributed by atoms with van der Waals surface area (Å²) in [6.07, 6.45) is 3.89. The molecule has 2 aromatic rings. The summed E-state index contributed by atoms with van der Waals surface area (Å²) in [4.78, 5) is 40.5. The molecule has 32 heavy (non-hydrogen) atoms. The number of carbonyl (C=O) groups excluding carboxylic acids is 2. The maximum absolute atomic E-state index is 13.0. The first-order chi connectivity index (χ1) is 15.1. The number of carbonyl (C=O) groups is 3. The molecule has 172 valence electrons. The normalized spacial score (nSPS) is 14.2. The van der Waals surface area contributed by atoms with Crippen LogP contribution in [-0.2, 0) is 21.1 Å². The molecule has 10 nitrogen and oxygen atoms in total. The van der Waals surface area contributed by atoms with Gasteiger partial charge in [0.2, 0.25) is 0 Å². The summed E-state index contributed by atoms with van der Waals surface area (Å²) in [7, 11) is -2.24. The molecule has 0 saturated heterocycles. The van der Waals surface area contributed by atoms with E-state index in [0.717, 1.165) is 31.9 Å². The molecule has 3 N–H and O–H groups in total. The van der Waals surface area contributed by atoms with Crippen molar-refractivity contribution in [1.82, 2.24) is 4.98 Å². The van der Waals surface area contributed by atoms with Gasteiger partial charge in [0.15, 0.2) is 20.8 Å². The molecule has 12 heteroatoms. The highest BCUT2D eigenvalue weighted by Crippen LogP contribution is 2.33. The Morgan fingerprint density at radius 3 is 2.50 bits per heavy atom. The van der Waals surface area contributed by atoms with Crippen LogP contribution >= 0.6 is 11.3 Å². The molecular weight excluding hydrogens is 458 g/mol. The molecule has 0 aliphatic heterocycles. The molecule has 0 unspecified atom stereocenters. The summed E-state index contributed by atoms with van der Waals surface area (Å²) < 4.78 is 28.8. The van der Waals surface area contributed by atoms with Crippen LogP contribution in [0.3, 0.4) is 0 Å². The van der Waals surface area contributed by atoms with E-state index in [4.69, 9.17) is 9.84 Å². The number of ketones is 1. The van der Waals surface area contributed by atoms with Crippen molar-refractivity contribution < 1.29 is 32.6 Å². The maximum atomic E-state index is 13.0. The third kappa shape index (κ3) is 5.62. The third-order valence-electron chi connectivity index (χ3n) is 5.00. The van der Waals surface area contributed by atoms with E-state index in [1.54, 1.807) is 18.2 Å². The van der Waals surface area contributed by atoms with Crippen LogP contribution in [0, 0.1) is 5.92 Å². The predicted octanol–water partition coefficient (Wildman–Crippen LogP) is 3.20. The molecule has 0 radical (unpaired) electrons. The number of anilines is 2. The van der Waals surface area contributed by atoms with Gasteiger partial charge < -0.3 is 15.2 Å². The monoisotopic (exact) mass is 481 g/mol. The van der Waals surface area contributed by atoms with Crippen LogP contribution in [0.2, 0.25) is 0 Å². The van der Waals surface area contributed by atoms with Crippen LogP contribution in [0.25, 0.3) is 0 Å². The van der Waals surface area contributed by atoms with Crippen molar-refractivity contribution in [2.75, 3.05) is 24.0 Å². The van der Waals surface area contributed by atoms with Crippen LogP contribution < -0.4 is 15.4 Å². The number of Topliss-reactive ketones (excluding diaryl/α,β-unsaturated/α-hetero) is 1. The van der Waals surface area contributed by atoms with E-state index in [1.165, 1.54) is 7.11 Å². The molecule has 0 spiro atoms. The van der Waals surface area contributed by atoms with Gasteiger partial charge in [-0.2, -0.15) is 0 Å². The van der Waals surface area contributed by atoms with Crippen molar-refractivity contribution in [2.45, 2.75) is 36.3 Å². The van der Waals surface area contributed by atoms with Gasteiger partial charge in [0, 0.05) is 17.7 Å². The molecule has 1 fully saturated rings. The van der Waals surface area contributed by atoms with Crippen LogP contribution in [0.5, 0.6) is 5.75 Å². The van der Waals surface area contributed by atoms with Gasteiger partial charge in [-0.15, -0.1) is 0 Å². The minimum absolute atomic E-state index is 0.0728. The lowest BCUT2D eigenvalue weighted by Gasteiger charge is -2.15. The van der Waals surface area contributed by atoms with Gasteiger partial charge >= 0.3 is 12.0 Å². The number of rotatable bonds is 8. The summed E-state index contributed by atoms with van der Waals surface area (Å²) >= 11 is 0.663. The molecule has 1 saturated carbocycles. The number of aromatic nitrogens is 1. The highest BCUT2D eigenvalue weighted by Gasteiger charge is 2.27. The van der Waals surface area contributed by atoms with Crippen molar-refractivity contribution in [1.29, 1.82) is 0 Å². The number of methoxy groups -OCH3 is 1. The smallest absolute Gasteiger partial charge is 0.325 e. The lowest BCUT2D eigenvalue weighted by molar-refractivity contribution is -0.136. The van der Waals surface area contributed by atoms with E-state index in [2.05, 4.69) is 15.6 Å². The molecule has 1 aliphatic rings. The number of aliphatic carboxylic acids is 1. The van der Waals surface area contributed by atoms with Gasteiger partial charge in [-0.1, -0.05) is 24.2 Å². The number of hydrogen-bond donors (Lipinski definition) is 3. The van der Waals surface area contributed by atoms with Crippen LogP contribution in [0.4, 0.5) is 15.6 Å². The number of nitrogens with one attached hydrogen (secondary N) is 2. The number of carboxylic acid groups (broad SMARTS) is 1. The van der Waals surface area contributed by atoms with E-state index >= 15 is 0 Å². The summed E-state index contributed by atoms with van der Waals surface area (Å²) in [6.45, 7) is 0. The first-order valence-electron chi connectivity index (χ1n) is 9.80. The van der Waals surface area contributed by atoms with Crippen LogP contribution in [-0.4, -0.2) is 49.7 Å². The highest BCUT2D eigenvalue weighted by molar-refractivity contribution is 7.92. The maximum Gasteiger partial charge on any atom is 0.325 e. The number of ether oxygens (including phenoxy) is 1. The number of sulfone groups is 1. The van der Waals surface area contributed by atoms with Gasteiger partial charge in [-0.3, -0.25) is 14.9 Å². The summed E-state index contributed by atoms with van der Waals surface area (Å²) in [5.41, 5.74) is 0.460. The SMILES string of the molecule is COc1ccc(NC(=O)Nc2nc(CC(=O)O)c(S(C)(=O)=O)s2)c(C(=O)C2CCCC2)c1. The topological polar surface area (TPSA) is 152 Å². The number of hydrogen-bond acceptors (Lipinski definition) is 8.